The average molecular weight is 474 g/mol. The number of benzene rings is 1. The van der Waals surface area contributed by atoms with Crippen molar-refractivity contribution in [2.45, 2.75) is 70.6 Å². The molecule has 1 amide bonds. The average Bonchev–Trinajstić information content (AvgIpc) is 2.81. The molecule has 1 aromatic carbocycles. The van der Waals surface area contributed by atoms with Crippen LogP contribution in [0, 0.1) is 17.3 Å². The predicted molar refractivity (Wildman–Crippen MR) is 130 cm³/mol. The molecule has 0 aliphatic carbocycles. The molecule has 2 atom stereocenters. The predicted octanol–water partition coefficient (Wildman–Crippen LogP) is 3.85. The molecule has 34 heavy (non-hydrogen) atoms. The molecular weight excluding hydrogens is 432 g/mol. The van der Waals surface area contributed by atoms with Crippen LogP contribution in [0.1, 0.15) is 69.8 Å². The number of fused-ring (bicyclic) bond motifs is 3. The first-order chi connectivity index (χ1) is 16.2. The Bertz CT molecular complexity index is 816. The first kappa shape index (κ1) is 26.2. The van der Waals surface area contributed by atoms with Crippen molar-refractivity contribution >= 4 is 17.8 Å². The number of unbranched alkanes of at least 4 members (excludes halogenated alkanes) is 4. The van der Waals surface area contributed by atoms with Gasteiger partial charge in [-0.15, -0.1) is 0 Å². The molecule has 3 aliphatic heterocycles. The van der Waals surface area contributed by atoms with E-state index in [1.165, 1.54) is 11.0 Å². The number of quaternary nitrogens is 1. The standard InChI is InChI=1S/C27H40N2O5/c28-24(30)20-27-12-16-29(17-13-27,18-14-27)15-8-3-1-2-7-11-22(25(31)32)23(26(33)34)19-21-9-5-4-6-10-21/h4-6,9-10,22-23H,1-3,7-8,11-20H2,(H3-,28,30,31,32,33,34)/p+1/t22-,23+,27?,29?/m1/s1. The number of carbonyl (C=O) groups excluding carboxylic acids is 1. The monoisotopic (exact) mass is 473 g/mol. The number of carboxylic acid groups (broad SMARTS) is 2. The number of aliphatic carboxylic acids is 2. The maximum absolute atomic E-state index is 11.8. The largest absolute Gasteiger partial charge is 0.481 e. The Labute approximate surface area is 202 Å². The highest BCUT2D eigenvalue weighted by Gasteiger charge is 2.49. The SMILES string of the molecule is NC(=O)CC12CC[N+](CCCCCCC[C@@H](C(=O)O)[C@H](Cc3ccccc3)C(=O)O)(CC1)CC2. The molecule has 4 rings (SSSR count). The van der Waals surface area contributed by atoms with Crippen molar-refractivity contribution in [2.75, 3.05) is 26.2 Å². The van der Waals surface area contributed by atoms with Gasteiger partial charge in [-0.3, -0.25) is 14.4 Å². The molecule has 188 valence electrons. The first-order valence-corrected chi connectivity index (χ1v) is 12.9. The Morgan fingerprint density at radius 3 is 1.97 bits per heavy atom. The van der Waals surface area contributed by atoms with Gasteiger partial charge in [0, 0.05) is 25.7 Å². The molecule has 3 fully saturated rings. The van der Waals surface area contributed by atoms with Crippen LogP contribution in [-0.2, 0) is 20.8 Å². The number of carboxylic acids is 2. The van der Waals surface area contributed by atoms with Crippen molar-refractivity contribution in [3.05, 3.63) is 35.9 Å². The van der Waals surface area contributed by atoms with Gasteiger partial charge in [0.2, 0.25) is 5.91 Å². The Hall–Kier alpha value is -2.41. The van der Waals surface area contributed by atoms with E-state index in [1.807, 2.05) is 30.3 Å². The zero-order chi connectivity index (χ0) is 24.6. The lowest BCUT2D eigenvalue weighted by Crippen LogP contribution is -2.62. The fraction of sp³-hybridized carbons (Fsp3) is 0.667. The zero-order valence-electron chi connectivity index (χ0n) is 20.3. The number of carbonyl (C=O) groups is 3. The summed E-state index contributed by atoms with van der Waals surface area (Å²) >= 11 is 0. The topological polar surface area (TPSA) is 118 Å². The van der Waals surface area contributed by atoms with Crippen molar-refractivity contribution < 1.29 is 29.1 Å². The molecule has 2 bridgehead atoms. The molecule has 7 heteroatoms. The summed E-state index contributed by atoms with van der Waals surface area (Å²) in [4.78, 5) is 35.1. The second-order valence-electron chi connectivity index (χ2n) is 10.8. The van der Waals surface area contributed by atoms with E-state index >= 15 is 0 Å². The van der Waals surface area contributed by atoms with E-state index in [-0.39, 0.29) is 17.7 Å². The van der Waals surface area contributed by atoms with E-state index in [4.69, 9.17) is 5.73 Å². The van der Waals surface area contributed by atoms with Crippen LogP contribution >= 0.6 is 0 Å². The molecule has 3 saturated heterocycles. The van der Waals surface area contributed by atoms with Crippen molar-refractivity contribution in [1.29, 1.82) is 0 Å². The molecule has 0 saturated carbocycles. The van der Waals surface area contributed by atoms with Crippen LogP contribution in [0.25, 0.3) is 0 Å². The second-order valence-corrected chi connectivity index (χ2v) is 10.8. The van der Waals surface area contributed by atoms with E-state index in [9.17, 15) is 24.6 Å². The highest BCUT2D eigenvalue weighted by molar-refractivity contribution is 5.80. The maximum atomic E-state index is 11.8. The van der Waals surface area contributed by atoms with E-state index in [0.717, 1.165) is 76.6 Å². The smallest absolute Gasteiger partial charge is 0.307 e. The van der Waals surface area contributed by atoms with Crippen LogP contribution in [0.4, 0.5) is 0 Å². The third-order valence-corrected chi connectivity index (χ3v) is 8.46. The minimum absolute atomic E-state index is 0.165. The minimum Gasteiger partial charge on any atom is -0.481 e. The lowest BCUT2D eigenvalue weighted by molar-refractivity contribution is -0.945. The Morgan fingerprint density at radius 2 is 1.41 bits per heavy atom. The van der Waals surface area contributed by atoms with E-state index < -0.39 is 23.8 Å². The summed E-state index contributed by atoms with van der Waals surface area (Å²) in [7, 11) is 0. The molecule has 0 aromatic heterocycles. The van der Waals surface area contributed by atoms with Crippen molar-refractivity contribution in [3.8, 4) is 0 Å². The fourth-order valence-corrected chi connectivity index (χ4v) is 6.21. The number of primary amides is 1. The third-order valence-electron chi connectivity index (χ3n) is 8.46. The van der Waals surface area contributed by atoms with Crippen LogP contribution in [0.3, 0.4) is 0 Å². The van der Waals surface area contributed by atoms with Gasteiger partial charge in [-0.05, 0) is 36.7 Å². The number of hydrogen-bond acceptors (Lipinski definition) is 3. The quantitative estimate of drug-likeness (QED) is 0.264. The van der Waals surface area contributed by atoms with Gasteiger partial charge in [0.05, 0.1) is 38.0 Å². The molecule has 7 nitrogen and oxygen atoms in total. The van der Waals surface area contributed by atoms with E-state index in [0.29, 0.717) is 12.8 Å². The highest BCUT2D eigenvalue weighted by Crippen LogP contribution is 2.46. The van der Waals surface area contributed by atoms with Gasteiger partial charge in [0.25, 0.3) is 0 Å². The van der Waals surface area contributed by atoms with Crippen molar-refractivity contribution in [2.24, 2.45) is 23.0 Å². The van der Waals surface area contributed by atoms with Crippen molar-refractivity contribution in [1.82, 2.24) is 0 Å². The summed E-state index contributed by atoms with van der Waals surface area (Å²) in [6.45, 7) is 4.66. The molecule has 3 heterocycles. The number of rotatable bonds is 15. The Kier molecular flexibility index (Phi) is 9.11. The van der Waals surface area contributed by atoms with Crippen LogP contribution < -0.4 is 5.73 Å². The molecule has 0 radical (unpaired) electrons. The van der Waals surface area contributed by atoms with Gasteiger partial charge in [0.1, 0.15) is 0 Å². The number of nitrogens with two attached hydrogens (primary N) is 1. The van der Waals surface area contributed by atoms with Gasteiger partial charge in [-0.25, -0.2) is 0 Å². The fourth-order valence-electron chi connectivity index (χ4n) is 6.21. The van der Waals surface area contributed by atoms with Gasteiger partial charge in [0.15, 0.2) is 0 Å². The zero-order valence-corrected chi connectivity index (χ0v) is 20.3. The van der Waals surface area contributed by atoms with Gasteiger partial charge in [-0.1, -0.05) is 49.6 Å². The Balaban J connectivity index is 1.36. The lowest BCUT2D eigenvalue weighted by atomic mass is 9.68. The number of hydrogen-bond donors (Lipinski definition) is 3. The summed E-state index contributed by atoms with van der Waals surface area (Å²) in [5.41, 5.74) is 6.49. The van der Waals surface area contributed by atoms with Crippen LogP contribution in [0.5, 0.6) is 0 Å². The van der Waals surface area contributed by atoms with Crippen LogP contribution in [0.15, 0.2) is 30.3 Å². The van der Waals surface area contributed by atoms with Gasteiger partial charge >= 0.3 is 11.9 Å². The summed E-state index contributed by atoms with van der Waals surface area (Å²) in [6, 6.07) is 9.26. The highest BCUT2D eigenvalue weighted by atomic mass is 16.4. The van der Waals surface area contributed by atoms with E-state index in [1.54, 1.807) is 0 Å². The summed E-state index contributed by atoms with van der Waals surface area (Å²) in [6.07, 6.45) is 9.53. The molecule has 4 N–H and O–H groups in total. The van der Waals surface area contributed by atoms with Crippen molar-refractivity contribution in [3.63, 3.8) is 0 Å². The number of piperidine rings is 3. The molecule has 3 aliphatic rings. The molecule has 0 spiro atoms. The van der Waals surface area contributed by atoms with Gasteiger partial charge < -0.3 is 20.4 Å². The summed E-state index contributed by atoms with van der Waals surface area (Å²) in [5, 5.41) is 19.4. The van der Waals surface area contributed by atoms with Crippen LogP contribution in [-0.4, -0.2) is 58.7 Å². The first-order valence-electron chi connectivity index (χ1n) is 12.9. The van der Waals surface area contributed by atoms with Gasteiger partial charge in [-0.2, -0.15) is 0 Å². The lowest BCUT2D eigenvalue weighted by Gasteiger charge is -2.54. The van der Waals surface area contributed by atoms with E-state index in [2.05, 4.69) is 0 Å². The minimum atomic E-state index is -1.03. The molecule has 1 aromatic rings. The molecule has 0 unspecified atom stereocenters. The Morgan fingerprint density at radius 1 is 0.853 bits per heavy atom. The molecular formula is C27H41N2O5+. The summed E-state index contributed by atoms with van der Waals surface area (Å²) in [5.74, 6) is -3.98. The number of nitrogens with zero attached hydrogens (tertiary/aromatic N) is 1. The summed E-state index contributed by atoms with van der Waals surface area (Å²) < 4.78 is 1.18. The normalized spacial score (nSPS) is 25.5. The second kappa shape index (κ2) is 11.8. The third kappa shape index (κ3) is 7.05. The maximum Gasteiger partial charge on any atom is 0.307 e. The number of amides is 1. The van der Waals surface area contributed by atoms with Crippen LogP contribution in [0.2, 0.25) is 0 Å².